The first kappa shape index (κ1) is 18.5. The van der Waals surface area contributed by atoms with Crippen LogP contribution < -0.4 is 10.6 Å². The number of nitrogens with one attached hydrogen (secondary N) is 2. The van der Waals surface area contributed by atoms with Crippen LogP contribution in [0, 0.1) is 0 Å². The fourth-order valence-electron chi connectivity index (χ4n) is 2.70. The molecule has 1 heterocycles. The van der Waals surface area contributed by atoms with Crippen molar-refractivity contribution in [2.75, 3.05) is 32.5 Å². The lowest BCUT2D eigenvalue weighted by Crippen LogP contribution is -2.42. The minimum atomic E-state index is -0.274. The molecule has 2 N–H and O–H groups in total. The van der Waals surface area contributed by atoms with Gasteiger partial charge in [-0.25, -0.2) is 4.79 Å². The first-order chi connectivity index (χ1) is 11.9. The van der Waals surface area contributed by atoms with Gasteiger partial charge >= 0.3 is 6.03 Å². The van der Waals surface area contributed by atoms with Crippen LogP contribution in [0.3, 0.4) is 0 Å². The number of urea groups is 1. The van der Waals surface area contributed by atoms with Gasteiger partial charge in [-0.15, -0.1) is 0 Å². The molecule has 7 heteroatoms. The summed E-state index contributed by atoms with van der Waals surface area (Å²) in [6, 6.07) is 7.05. The number of likely N-dealkylation sites (tertiary alicyclic amines) is 1. The zero-order chi connectivity index (χ0) is 18.4. The van der Waals surface area contributed by atoms with Crippen molar-refractivity contribution in [3.63, 3.8) is 0 Å². The first-order valence-electron chi connectivity index (χ1n) is 8.17. The monoisotopic (exact) mass is 344 g/mol. The Balaban J connectivity index is 1.81. The molecule has 25 heavy (non-hydrogen) atoms. The summed E-state index contributed by atoms with van der Waals surface area (Å²) < 4.78 is 0. The van der Waals surface area contributed by atoms with E-state index in [4.69, 9.17) is 0 Å². The number of anilines is 1. The molecule has 1 aromatic rings. The van der Waals surface area contributed by atoms with Crippen molar-refractivity contribution >= 4 is 23.5 Å². The molecule has 0 aromatic heterocycles. The summed E-state index contributed by atoms with van der Waals surface area (Å²) in [6.07, 6.45) is 2.22. The quantitative estimate of drug-likeness (QED) is 0.788. The van der Waals surface area contributed by atoms with Gasteiger partial charge in [-0.2, -0.15) is 0 Å². The SMILES string of the molecule is C=CC(=O)Nc1ccc(CC(=O)NC2CCN(C(=O)N(C)C)C2)cc1. The lowest BCUT2D eigenvalue weighted by molar-refractivity contribution is -0.121. The van der Waals surface area contributed by atoms with Crippen LogP contribution in [0.5, 0.6) is 0 Å². The molecule has 1 saturated heterocycles. The van der Waals surface area contributed by atoms with Crippen molar-refractivity contribution < 1.29 is 14.4 Å². The molecule has 0 saturated carbocycles. The molecule has 1 aliphatic rings. The van der Waals surface area contributed by atoms with Crippen molar-refractivity contribution in [1.29, 1.82) is 0 Å². The zero-order valence-electron chi connectivity index (χ0n) is 14.6. The highest BCUT2D eigenvalue weighted by Crippen LogP contribution is 2.13. The molecule has 0 aliphatic carbocycles. The molecular weight excluding hydrogens is 320 g/mol. The normalized spacial score (nSPS) is 16.2. The van der Waals surface area contributed by atoms with E-state index in [-0.39, 0.29) is 30.3 Å². The number of benzene rings is 1. The van der Waals surface area contributed by atoms with Gasteiger partial charge in [0, 0.05) is 38.9 Å². The second kappa shape index (κ2) is 8.32. The van der Waals surface area contributed by atoms with Crippen molar-refractivity contribution in [2.24, 2.45) is 0 Å². The van der Waals surface area contributed by atoms with Crippen LogP contribution in [-0.4, -0.2) is 60.9 Å². The highest BCUT2D eigenvalue weighted by atomic mass is 16.2. The Labute approximate surface area is 147 Å². The van der Waals surface area contributed by atoms with Gasteiger partial charge < -0.3 is 20.4 Å². The topological polar surface area (TPSA) is 81.8 Å². The fourth-order valence-corrected chi connectivity index (χ4v) is 2.70. The van der Waals surface area contributed by atoms with Crippen molar-refractivity contribution in [3.05, 3.63) is 42.5 Å². The Morgan fingerprint density at radius 1 is 1.28 bits per heavy atom. The molecule has 0 radical (unpaired) electrons. The van der Waals surface area contributed by atoms with E-state index in [1.54, 1.807) is 43.3 Å². The molecule has 1 aromatic carbocycles. The zero-order valence-corrected chi connectivity index (χ0v) is 14.6. The predicted octanol–water partition coefficient (Wildman–Crippen LogP) is 1.23. The number of hydrogen-bond acceptors (Lipinski definition) is 3. The van der Waals surface area contributed by atoms with E-state index in [1.807, 2.05) is 0 Å². The molecule has 1 unspecified atom stereocenters. The molecule has 7 nitrogen and oxygen atoms in total. The Kier molecular flexibility index (Phi) is 6.16. The average molecular weight is 344 g/mol. The van der Waals surface area contributed by atoms with Crippen LogP contribution in [0.25, 0.3) is 0 Å². The lowest BCUT2D eigenvalue weighted by atomic mass is 10.1. The van der Waals surface area contributed by atoms with E-state index in [1.165, 1.54) is 11.0 Å². The fraction of sp³-hybridized carbons (Fsp3) is 0.389. The minimum absolute atomic E-state index is 0.0115. The highest BCUT2D eigenvalue weighted by Gasteiger charge is 2.27. The van der Waals surface area contributed by atoms with Crippen LogP contribution in [0.2, 0.25) is 0 Å². The maximum Gasteiger partial charge on any atom is 0.319 e. The van der Waals surface area contributed by atoms with Gasteiger partial charge in [-0.1, -0.05) is 18.7 Å². The van der Waals surface area contributed by atoms with Crippen LogP contribution in [-0.2, 0) is 16.0 Å². The molecule has 134 valence electrons. The van der Waals surface area contributed by atoms with Crippen LogP contribution in [0.15, 0.2) is 36.9 Å². The smallest absolute Gasteiger partial charge is 0.319 e. The first-order valence-corrected chi connectivity index (χ1v) is 8.17. The van der Waals surface area contributed by atoms with Gasteiger partial charge in [-0.05, 0) is 30.2 Å². The molecule has 4 amide bonds. The van der Waals surface area contributed by atoms with Crippen molar-refractivity contribution in [2.45, 2.75) is 18.9 Å². The molecule has 0 bridgehead atoms. The van der Waals surface area contributed by atoms with Crippen LogP contribution in [0.1, 0.15) is 12.0 Å². The van der Waals surface area contributed by atoms with Gasteiger partial charge in [0.05, 0.1) is 6.42 Å². The number of amides is 4. The molecule has 1 atom stereocenters. The third kappa shape index (κ3) is 5.34. The maximum absolute atomic E-state index is 12.2. The van der Waals surface area contributed by atoms with Gasteiger partial charge in [-0.3, -0.25) is 9.59 Å². The van der Waals surface area contributed by atoms with Crippen molar-refractivity contribution in [3.8, 4) is 0 Å². The summed E-state index contributed by atoms with van der Waals surface area (Å²) in [6.45, 7) is 4.59. The van der Waals surface area contributed by atoms with E-state index in [2.05, 4.69) is 17.2 Å². The summed E-state index contributed by atoms with van der Waals surface area (Å²) in [4.78, 5) is 38.6. The highest BCUT2D eigenvalue weighted by molar-refractivity contribution is 5.98. The molecule has 2 rings (SSSR count). The molecule has 0 spiro atoms. The summed E-state index contributed by atoms with van der Waals surface area (Å²) in [7, 11) is 3.44. The number of rotatable bonds is 5. The third-order valence-electron chi connectivity index (χ3n) is 3.98. The summed E-state index contributed by atoms with van der Waals surface area (Å²) >= 11 is 0. The largest absolute Gasteiger partial charge is 0.351 e. The van der Waals surface area contributed by atoms with Gasteiger partial charge in [0.2, 0.25) is 11.8 Å². The average Bonchev–Trinajstić information content (AvgIpc) is 3.03. The number of carbonyl (C=O) groups excluding carboxylic acids is 3. The van der Waals surface area contributed by atoms with Gasteiger partial charge in [0.1, 0.15) is 0 Å². The molecule has 1 aliphatic heterocycles. The second-order valence-corrected chi connectivity index (χ2v) is 6.24. The van der Waals surface area contributed by atoms with E-state index < -0.39 is 0 Å². The second-order valence-electron chi connectivity index (χ2n) is 6.24. The number of hydrogen-bond donors (Lipinski definition) is 2. The molecule has 1 fully saturated rings. The number of nitrogens with zero attached hydrogens (tertiary/aromatic N) is 2. The summed E-state index contributed by atoms with van der Waals surface area (Å²) in [5.41, 5.74) is 1.51. The van der Waals surface area contributed by atoms with E-state index in [9.17, 15) is 14.4 Å². The van der Waals surface area contributed by atoms with E-state index >= 15 is 0 Å². The maximum atomic E-state index is 12.2. The van der Waals surface area contributed by atoms with Gasteiger partial charge in [0.15, 0.2) is 0 Å². The Bertz CT molecular complexity index is 655. The molecular formula is C18H24N4O3. The van der Waals surface area contributed by atoms with E-state index in [0.717, 1.165) is 12.0 Å². The lowest BCUT2D eigenvalue weighted by Gasteiger charge is -2.21. The standard InChI is InChI=1S/C18H24N4O3/c1-4-16(23)19-14-7-5-13(6-8-14)11-17(24)20-15-9-10-22(12-15)18(25)21(2)3/h4-8,15H,1,9-12H2,2-3H3,(H,19,23)(H,20,24). The van der Waals surface area contributed by atoms with Gasteiger partial charge in [0.25, 0.3) is 0 Å². The van der Waals surface area contributed by atoms with Crippen LogP contribution >= 0.6 is 0 Å². The summed E-state index contributed by atoms with van der Waals surface area (Å²) in [5.74, 6) is -0.351. The van der Waals surface area contributed by atoms with E-state index in [0.29, 0.717) is 18.8 Å². The minimum Gasteiger partial charge on any atom is -0.351 e. The Hall–Kier alpha value is -2.83. The number of carbonyl (C=O) groups is 3. The van der Waals surface area contributed by atoms with Crippen molar-refractivity contribution in [1.82, 2.24) is 15.1 Å². The Morgan fingerprint density at radius 2 is 1.96 bits per heavy atom. The predicted molar refractivity (Wildman–Crippen MR) is 96.2 cm³/mol. The summed E-state index contributed by atoms with van der Waals surface area (Å²) in [5, 5.41) is 5.63. The van der Waals surface area contributed by atoms with Crippen LogP contribution in [0.4, 0.5) is 10.5 Å². The Morgan fingerprint density at radius 3 is 2.56 bits per heavy atom. The third-order valence-corrected chi connectivity index (χ3v) is 3.98.